The molecule has 1 aromatic heterocycles. The normalized spacial score (nSPS) is 8.79. The summed E-state index contributed by atoms with van der Waals surface area (Å²) in [4.78, 5) is 4.35. The Morgan fingerprint density at radius 2 is 1.16 bits per heavy atom. The quantitative estimate of drug-likeness (QED) is 0.616. The van der Waals surface area contributed by atoms with Crippen molar-refractivity contribution in [1.82, 2.24) is 4.98 Å². The van der Waals surface area contributed by atoms with Gasteiger partial charge in [-0.3, -0.25) is 4.98 Å². The standard InChI is InChI=1S/C13H12ClN.2C2H6/c1-9-7-12(8-10(2)15-9)11-3-5-13(14)6-4-11;2*1-2/h3-8H,1-2H3;2*1-2H3. The summed E-state index contributed by atoms with van der Waals surface area (Å²) >= 11 is 5.85. The lowest BCUT2D eigenvalue weighted by Gasteiger charge is -2.04. The first-order valence-corrected chi connectivity index (χ1v) is 7.24. The molecular formula is C17H24ClN. The maximum atomic E-state index is 5.85. The van der Waals surface area contributed by atoms with Crippen LogP contribution in [-0.2, 0) is 0 Å². The van der Waals surface area contributed by atoms with Gasteiger partial charge in [-0.15, -0.1) is 0 Å². The monoisotopic (exact) mass is 277 g/mol. The number of hydrogen-bond acceptors (Lipinski definition) is 1. The lowest BCUT2D eigenvalue weighted by atomic mass is 10.1. The Labute approximate surface area is 122 Å². The summed E-state index contributed by atoms with van der Waals surface area (Å²) in [5.74, 6) is 0. The zero-order chi connectivity index (χ0) is 14.8. The molecule has 2 heteroatoms. The third-order valence-electron chi connectivity index (χ3n) is 2.26. The Kier molecular flexibility index (Phi) is 8.90. The number of rotatable bonds is 1. The van der Waals surface area contributed by atoms with E-state index in [2.05, 4.69) is 17.1 Å². The molecule has 0 aliphatic carbocycles. The molecule has 1 heterocycles. The van der Waals surface area contributed by atoms with Gasteiger partial charge in [0.05, 0.1) is 0 Å². The molecule has 0 aliphatic rings. The summed E-state index contributed by atoms with van der Waals surface area (Å²) in [5, 5.41) is 0.765. The minimum atomic E-state index is 0.765. The number of aryl methyl sites for hydroxylation is 2. The molecule has 104 valence electrons. The minimum Gasteiger partial charge on any atom is -0.258 e. The van der Waals surface area contributed by atoms with E-state index in [1.54, 1.807) is 0 Å². The molecule has 0 fully saturated rings. The van der Waals surface area contributed by atoms with Crippen molar-refractivity contribution in [2.24, 2.45) is 0 Å². The van der Waals surface area contributed by atoms with Gasteiger partial charge in [0.1, 0.15) is 0 Å². The maximum Gasteiger partial charge on any atom is 0.0406 e. The Bertz CT molecular complexity index is 455. The van der Waals surface area contributed by atoms with Gasteiger partial charge in [-0.2, -0.15) is 0 Å². The zero-order valence-electron chi connectivity index (χ0n) is 12.8. The molecule has 0 radical (unpaired) electrons. The second-order valence-electron chi connectivity index (χ2n) is 3.65. The van der Waals surface area contributed by atoms with E-state index in [1.807, 2.05) is 65.8 Å². The van der Waals surface area contributed by atoms with E-state index in [0.717, 1.165) is 16.4 Å². The van der Waals surface area contributed by atoms with Gasteiger partial charge in [0.25, 0.3) is 0 Å². The third-order valence-corrected chi connectivity index (χ3v) is 2.51. The van der Waals surface area contributed by atoms with Gasteiger partial charge < -0.3 is 0 Å². The molecule has 1 aromatic carbocycles. The molecule has 0 saturated carbocycles. The Balaban J connectivity index is 0.000000741. The third kappa shape index (κ3) is 5.89. The van der Waals surface area contributed by atoms with Crippen molar-refractivity contribution in [2.75, 3.05) is 0 Å². The van der Waals surface area contributed by atoms with Crippen LogP contribution < -0.4 is 0 Å². The van der Waals surface area contributed by atoms with Gasteiger partial charge in [-0.1, -0.05) is 51.4 Å². The fourth-order valence-corrected chi connectivity index (χ4v) is 1.77. The van der Waals surface area contributed by atoms with Crippen LogP contribution in [-0.4, -0.2) is 4.98 Å². The average Bonchev–Trinajstić information content (AvgIpc) is 2.43. The van der Waals surface area contributed by atoms with E-state index >= 15 is 0 Å². The van der Waals surface area contributed by atoms with Crippen LogP contribution in [0.15, 0.2) is 36.4 Å². The van der Waals surface area contributed by atoms with Gasteiger partial charge in [0.2, 0.25) is 0 Å². The highest BCUT2D eigenvalue weighted by Crippen LogP contribution is 2.22. The molecule has 2 rings (SSSR count). The summed E-state index contributed by atoms with van der Waals surface area (Å²) < 4.78 is 0. The number of nitrogens with zero attached hydrogens (tertiary/aromatic N) is 1. The molecule has 0 spiro atoms. The van der Waals surface area contributed by atoms with Gasteiger partial charge >= 0.3 is 0 Å². The molecule has 0 saturated heterocycles. The highest BCUT2D eigenvalue weighted by molar-refractivity contribution is 6.30. The van der Waals surface area contributed by atoms with E-state index < -0.39 is 0 Å². The molecule has 1 nitrogen and oxygen atoms in total. The second kappa shape index (κ2) is 9.57. The van der Waals surface area contributed by atoms with Crippen molar-refractivity contribution in [2.45, 2.75) is 41.5 Å². The van der Waals surface area contributed by atoms with Crippen LogP contribution in [0.3, 0.4) is 0 Å². The summed E-state index contributed by atoms with van der Waals surface area (Å²) in [7, 11) is 0. The highest BCUT2D eigenvalue weighted by Gasteiger charge is 2.00. The first-order chi connectivity index (χ1) is 9.15. The van der Waals surface area contributed by atoms with Crippen LogP contribution in [0.25, 0.3) is 11.1 Å². The van der Waals surface area contributed by atoms with Gasteiger partial charge in [0, 0.05) is 16.4 Å². The molecule has 0 bridgehead atoms. The van der Waals surface area contributed by atoms with Crippen molar-refractivity contribution >= 4 is 11.6 Å². The fourth-order valence-electron chi connectivity index (χ4n) is 1.64. The molecule has 0 unspecified atom stereocenters. The number of hydrogen-bond donors (Lipinski definition) is 0. The Hall–Kier alpha value is -1.34. The van der Waals surface area contributed by atoms with E-state index in [4.69, 9.17) is 11.6 Å². The smallest absolute Gasteiger partial charge is 0.0406 e. The molecule has 0 N–H and O–H groups in total. The summed E-state index contributed by atoms with van der Waals surface area (Å²) in [6, 6.07) is 12.0. The van der Waals surface area contributed by atoms with Gasteiger partial charge in [-0.25, -0.2) is 0 Å². The van der Waals surface area contributed by atoms with Crippen molar-refractivity contribution < 1.29 is 0 Å². The number of pyridine rings is 1. The molecule has 0 aliphatic heterocycles. The summed E-state index contributed by atoms with van der Waals surface area (Å²) in [5.41, 5.74) is 4.45. The zero-order valence-corrected chi connectivity index (χ0v) is 13.5. The summed E-state index contributed by atoms with van der Waals surface area (Å²) in [6.07, 6.45) is 0. The van der Waals surface area contributed by atoms with Crippen molar-refractivity contribution in [3.63, 3.8) is 0 Å². The molecule has 0 atom stereocenters. The van der Waals surface area contributed by atoms with E-state index in [1.165, 1.54) is 11.1 Å². The van der Waals surface area contributed by atoms with E-state index in [0.29, 0.717) is 0 Å². The minimum absolute atomic E-state index is 0.765. The highest BCUT2D eigenvalue weighted by atomic mass is 35.5. The van der Waals surface area contributed by atoms with Crippen LogP contribution in [0.1, 0.15) is 39.1 Å². The SMILES string of the molecule is CC.CC.Cc1cc(-c2ccc(Cl)cc2)cc(C)n1. The molecule has 2 aromatic rings. The molecule has 19 heavy (non-hydrogen) atoms. The largest absolute Gasteiger partial charge is 0.258 e. The predicted molar refractivity (Wildman–Crippen MR) is 86.9 cm³/mol. The van der Waals surface area contributed by atoms with Crippen LogP contribution >= 0.6 is 11.6 Å². The van der Waals surface area contributed by atoms with Crippen LogP contribution in [0.5, 0.6) is 0 Å². The first kappa shape index (κ1) is 17.7. The second-order valence-corrected chi connectivity index (χ2v) is 4.08. The average molecular weight is 278 g/mol. The predicted octanol–water partition coefficient (Wildman–Crippen LogP) is 6.07. The number of benzene rings is 1. The first-order valence-electron chi connectivity index (χ1n) is 6.86. The maximum absolute atomic E-state index is 5.85. The Morgan fingerprint density at radius 1 is 0.737 bits per heavy atom. The lowest BCUT2D eigenvalue weighted by molar-refractivity contribution is 1.12. The van der Waals surface area contributed by atoms with Crippen molar-refractivity contribution in [3.05, 3.63) is 52.8 Å². The van der Waals surface area contributed by atoms with Crippen LogP contribution in [0.2, 0.25) is 5.02 Å². The fraction of sp³-hybridized carbons (Fsp3) is 0.353. The Morgan fingerprint density at radius 3 is 1.58 bits per heavy atom. The van der Waals surface area contributed by atoms with E-state index in [-0.39, 0.29) is 0 Å². The molecule has 0 amide bonds. The number of aromatic nitrogens is 1. The van der Waals surface area contributed by atoms with E-state index in [9.17, 15) is 0 Å². The number of halogens is 1. The van der Waals surface area contributed by atoms with Gasteiger partial charge in [0.15, 0.2) is 0 Å². The summed E-state index contributed by atoms with van der Waals surface area (Å²) in [6.45, 7) is 12.0. The van der Waals surface area contributed by atoms with Crippen LogP contribution in [0, 0.1) is 13.8 Å². The van der Waals surface area contributed by atoms with Gasteiger partial charge in [-0.05, 0) is 49.2 Å². The molecular weight excluding hydrogens is 254 g/mol. The topological polar surface area (TPSA) is 12.9 Å². The van der Waals surface area contributed by atoms with Crippen LogP contribution in [0.4, 0.5) is 0 Å². The van der Waals surface area contributed by atoms with Crippen molar-refractivity contribution in [1.29, 1.82) is 0 Å². The van der Waals surface area contributed by atoms with Crippen molar-refractivity contribution in [3.8, 4) is 11.1 Å². The lowest BCUT2D eigenvalue weighted by Crippen LogP contribution is -1.87.